The third kappa shape index (κ3) is 8.21. The molecule has 10 heteroatoms. The maximum atomic E-state index is 13.9. The fraction of sp³-hybridized carbons (Fsp3) is 0.310. The molecule has 1 N–H and O–H groups in total. The molecule has 3 aromatic rings. The van der Waals surface area contributed by atoms with Crippen LogP contribution in [0.3, 0.4) is 0 Å². The normalized spacial score (nSPS) is 12.2. The maximum absolute atomic E-state index is 13.9. The van der Waals surface area contributed by atoms with Gasteiger partial charge in [-0.3, -0.25) is 13.9 Å². The van der Waals surface area contributed by atoms with Gasteiger partial charge >= 0.3 is 0 Å². The van der Waals surface area contributed by atoms with E-state index in [0.717, 1.165) is 15.4 Å². The lowest BCUT2D eigenvalue weighted by molar-refractivity contribution is -0.139. The Hall–Kier alpha value is -3.07. The summed E-state index contributed by atoms with van der Waals surface area (Å²) in [5.74, 6) is -0.634. The Kier molecular flexibility index (Phi) is 10.4. The second-order valence-electron chi connectivity index (χ2n) is 9.77. The zero-order valence-electron chi connectivity index (χ0n) is 22.4. The van der Waals surface area contributed by atoms with E-state index < -0.39 is 28.5 Å². The van der Waals surface area contributed by atoms with E-state index in [1.165, 1.54) is 35.2 Å². The summed E-state index contributed by atoms with van der Waals surface area (Å²) in [7, 11) is -4.20. The highest BCUT2D eigenvalue weighted by atomic mass is 35.5. The number of halogens is 2. The van der Waals surface area contributed by atoms with Gasteiger partial charge in [0.05, 0.1) is 10.6 Å². The van der Waals surface area contributed by atoms with E-state index in [0.29, 0.717) is 16.6 Å². The third-order valence-corrected chi connectivity index (χ3v) is 8.34. The van der Waals surface area contributed by atoms with Crippen molar-refractivity contribution < 1.29 is 18.0 Å². The highest BCUT2D eigenvalue weighted by Gasteiger charge is 2.32. The summed E-state index contributed by atoms with van der Waals surface area (Å²) in [6.45, 7) is 7.57. The van der Waals surface area contributed by atoms with Gasteiger partial charge in [-0.2, -0.15) is 0 Å². The smallest absolute Gasteiger partial charge is 0.264 e. The zero-order chi connectivity index (χ0) is 28.7. The van der Waals surface area contributed by atoms with E-state index in [2.05, 4.69) is 5.32 Å². The van der Waals surface area contributed by atoms with E-state index in [9.17, 15) is 18.0 Å². The predicted molar refractivity (Wildman–Crippen MR) is 156 cm³/mol. The summed E-state index contributed by atoms with van der Waals surface area (Å²) < 4.78 is 28.6. The molecule has 0 aromatic heterocycles. The molecular weight excluding hydrogens is 557 g/mol. The Labute approximate surface area is 240 Å². The van der Waals surface area contributed by atoms with Crippen molar-refractivity contribution in [1.29, 1.82) is 0 Å². The fourth-order valence-electron chi connectivity index (χ4n) is 3.94. The van der Waals surface area contributed by atoms with Gasteiger partial charge in [0, 0.05) is 23.1 Å². The molecule has 2 amide bonds. The second-order valence-corrected chi connectivity index (χ2v) is 12.5. The lowest BCUT2D eigenvalue weighted by Crippen LogP contribution is -2.51. The first kappa shape index (κ1) is 30.5. The molecule has 1 atom stereocenters. The third-order valence-electron chi connectivity index (χ3n) is 6.06. The van der Waals surface area contributed by atoms with Crippen LogP contribution in [0.4, 0.5) is 5.69 Å². The molecule has 0 aliphatic carbocycles. The topological polar surface area (TPSA) is 86.8 Å². The molecule has 0 saturated carbocycles. The number of rotatable bonds is 11. The SMILES string of the molecule is Cc1cccc(CN(C(=O)CN(c2cccc(Cl)c2)S(=O)(=O)c2ccc(Cl)cc2)[C@H](C)C(=O)NCC(C)C)c1. The molecule has 0 fully saturated rings. The number of carbonyl (C=O) groups is 2. The van der Waals surface area contributed by atoms with Crippen molar-refractivity contribution in [3.8, 4) is 0 Å². The van der Waals surface area contributed by atoms with Gasteiger partial charge in [-0.1, -0.05) is 72.9 Å². The van der Waals surface area contributed by atoms with Crippen LogP contribution in [-0.2, 0) is 26.2 Å². The van der Waals surface area contributed by atoms with Crippen molar-refractivity contribution in [2.45, 2.75) is 45.2 Å². The average molecular weight is 591 g/mol. The Morgan fingerprint density at radius 2 is 1.56 bits per heavy atom. The summed E-state index contributed by atoms with van der Waals surface area (Å²) in [6.07, 6.45) is 0. The number of anilines is 1. The molecule has 0 aliphatic heterocycles. The van der Waals surface area contributed by atoms with Gasteiger partial charge < -0.3 is 10.2 Å². The predicted octanol–water partition coefficient (Wildman–Crippen LogP) is 5.69. The molecule has 0 radical (unpaired) electrons. The summed E-state index contributed by atoms with van der Waals surface area (Å²) in [4.78, 5) is 28.3. The molecule has 0 heterocycles. The molecule has 39 heavy (non-hydrogen) atoms. The van der Waals surface area contributed by atoms with Crippen LogP contribution in [-0.4, -0.2) is 44.3 Å². The summed E-state index contributed by atoms with van der Waals surface area (Å²) in [5, 5.41) is 3.57. The Morgan fingerprint density at radius 3 is 2.18 bits per heavy atom. The van der Waals surface area contributed by atoms with Crippen molar-refractivity contribution >= 4 is 50.7 Å². The molecule has 0 saturated heterocycles. The van der Waals surface area contributed by atoms with Crippen molar-refractivity contribution in [3.63, 3.8) is 0 Å². The highest BCUT2D eigenvalue weighted by molar-refractivity contribution is 7.92. The molecule has 3 rings (SSSR count). The molecule has 0 unspecified atom stereocenters. The number of nitrogens with one attached hydrogen (secondary N) is 1. The van der Waals surface area contributed by atoms with Gasteiger partial charge in [0.25, 0.3) is 10.0 Å². The molecule has 0 bridgehead atoms. The van der Waals surface area contributed by atoms with Gasteiger partial charge in [-0.05, 0) is 67.8 Å². The molecule has 0 aliphatic rings. The number of amides is 2. The van der Waals surface area contributed by atoms with Crippen LogP contribution in [0.25, 0.3) is 0 Å². The Bertz CT molecular complexity index is 1410. The number of hydrogen-bond donors (Lipinski definition) is 1. The van der Waals surface area contributed by atoms with Crippen molar-refractivity contribution in [2.24, 2.45) is 5.92 Å². The van der Waals surface area contributed by atoms with E-state index in [1.54, 1.807) is 25.1 Å². The van der Waals surface area contributed by atoms with Gasteiger partial charge in [0.2, 0.25) is 11.8 Å². The van der Waals surface area contributed by atoms with Crippen molar-refractivity contribution in [3.05, 3.63) is 94.0 Å². The molecule has 3 aromatic carbocycles. The van der Waals surface area contributed by atoms with Crippen LogP contribution in [0.15, 0.2) is 77.7 Å². The minimum atomic E-state index is -4.20. The van der Waals surface area contributed by atoms with Crippen LogP contribution in [0.2, 0.25) is 10.0 Å². The molecule has 7 nitrogen and oxygen atoms in total. The molecule has 208 valence electrons. The van der Waals surface area contributed by atoms with E-state index in [-0.39, 0.29) is 29.0 Å². The molecule has 0 spiro atoms. The quantitative estimate of drug-likeness (QED) is 0.311. The fourth-order valence-corrected chi connectivity index (χ4v) is 5.65. The Balaban J connectivity index is 2.01. The van der Waals surface area contributed by atoms with Crippen LogP contribution in [0, 0.1) is 12.8 Å². The largest absolute Gasteiger partial charge is 0.354 e. The molecular formula is C29H33Cl2N3O4S. The maximum Gasteiger partial charge on any atom is 0.264 e. The minimum Gasteiger partial charge on any atom is -0.354 e. The lowest BCUT2D eigenvalue weighted by Gasteiger charge is -2.32. The van der Waals surface area contributed by atoms with Crippen molar-refractivity contribution in [2.75, 3.05) is 17.4 Å². The minimum absolute atomic E-state index is 0.0346. The van der Waals surface area contributed by atoms with E-state index in [4.69, 9.17) is 23.2 Å². The number of carbonyl (C=O) groups excluding carboxylic acids is 2. The van der Waals surface area contributed by atoms with Gasteiger partial charge in [0.15, 0.2) is 0 Å². The Morgan fingerprint density at radius 1 is 0.897 bits per heavy atom. The first-order chi connectivity index (χ1) is 18.4. The van der Waals surface area contributed by atoms with Gasteiger partial charge in [0.1, 0.15) is 12.6 Å². The van der Waals surface area contributed by atoms with Crippen LogP contribution >= 0.6 is 23.2 Å². The number of hydrogen-bond acceptors (Lipinski definition) is 4. The number of benzene rings is 3. The average Bonchev–Trinajstić information content (AvgIpc) is 2.88. The van der Waals surface area contributed by atoms with E-state index in [1.807, 2.05) is 45.0 Å². The summed E-state index contributed by atoms with van der Waals surface area (Å²) >= 11 is 12.2. The summed E-state index contributed by atoms with van der Waals surface area (Å²) in [6, 6.07) is 18.7. The second kappa shape index (κ2) is 13.3. The van der Waals surface area contributed by atoms with Crippen molar-refractivity contribution in [1.82, 2.24) is 10.2 Å². The first-order valence-electron chi connectivity index (χ1n) is 12.5. The monoisotopic (exact) mass is 589 g/mol. The standard InChI is InChI=1S/C29H33Cl2N3O4S/c1-20(2)17-32-29(36)22(4)33(18-23-8-5-7-21(3)15-23)28(35)19-34(26-10-6-9-25(31)16-26)39(37,38)27-13-11-24(30)12-14-27/h5-16,20,22H,17-19H2,1-4H3,(H,32,36)/t22-/m1/s1. The number of sulfonamides is 1. The summed E-state index contributed by atoms with van der Waals surface area (Å²) in [5.41, 5.74) is 2.04. The van der Waals surface area contributed by atoms with Crippen LogP contribution in [0.1, 0.15) is 31.9 Å². The highest BCUT2D eigenvalue weighted by Crippen LogP contribution is 2.27. The van der Waals surface area contributed by atoms with E-state index >= 15 is 0 Å². The first-order valence-corrected chi connectivity index (χ1v) is 14.7. The van der Waals surface area contributed by atoms with Crippen LogP contribution in [0.5, 0.6) is 0 Å². The van der Waals surface area contributed by atoms with Gasteiger partial charge in [-0.15, -0.1) is 0 Å². The van der Waals surface area contributed by atoms with Crippen LogP contribution < -0.4 is 9.62 Å². The number of aryl methyl sites for hydroxylation is 1. The lowest BCUT2D eigenvalue weighted by atomic mass is 10.1. The number of nitrogens with zero attached hydrogens (tertiary/aromatic N) is 2. The zero-order valence-corrected chi connectivity index (χ0v) is 24.7. The van der Waals surface area contributed by atoms with Gasteiger partial charge in [-0.25, -0.2) is 8.42 Å².